The van der Waals surface area contributed by atoms with Crippen molar-refractivity contribution in [3.8, 4) is 0 Å². The molecular formula is C11H20NO2+. The Morgan fingerprint density at radius 3 is 2.36 bits per heavy atom. The fraction of sp³-hybridized carbons (Fsp3) is 0.909. The number of aliphatic carboxylic acids is 1. The molecule has 0 radical (unpaired) electrons. The van der Waals surface area contributed by atoms with Gasteiger partial charge in [0.25, 0.3) is 0 Å². The molecular weight excluding hydrogens is 178 g/mol. The van der Waals surface area contributed by atoms with Crippen LogP contribution in [-0.4, -0.2) is 17.6 Å². The maximum Gasteiger partial charge on any atom is 0.304 e. The Kier molecular flexibility index (Phi) is 2.52. The van der Waals surface area contributed by atoms with Gasteiger partial charge in [0.15, 0.2) is 0 Å². The lowest BCUT2D eigenvalue weighted by atomic mass is 9.80. The van der Waals surface area contributed by atoms with Crippen molar-refractivity contribution >= 4 is 5.97 Å². The van der Waals surface area contributed by atoms with E-state index in [1.165, 1.54) is 19.3 Å². The van der Waals surface area contributed by atoms with Crippen LogP contribution in [0.15, 0.2) is 0 Å². The predicted molar refractivity (Wildman–Crippen MR) is 52.5 cm³/mol. The number of fused-ring (bicyclic) bond motifs is 1. The molecule has 2 fully saturated rings. The maximum absolute atomic E-state index is 10.8. The highest BCUT2D eigenvalue weighted by Gasteiger charge is 2.48. The lowest BCUT2D eigenvalue weighted by Gasteiger charge is -2.23. The largest absolute Gasteiger partial charge is 0.481 e. The Morgan fingerprint density at radius 1 is 1.36 bits per heavy atom. The first kappa shape index (κ1) is 9.97. The second kappa shape index (κ2) is 3.54. The monoisotopic (exact) mass is 198 g/mol. The SMILES string of the molecule is [NH3+]CC1(CC(=O)O)C[C@H]2CCC[C@@H]2C1. The van der Waals surface area contributed by atoms with Gasteiger partial charge in [0.1, 0.15) is 0 Å². The van der Waals surface area contributed by atoms with Crippen molar-refractivity contribution in [3.63, 3.8) is 0 Å². The van der Waals surface area contributed by atoms with Gasteiger partial charge in [-0.3, -0.25) is 4.79 Å². The number of carboxylic acid groups (broad SMARTS) is 1. The van der Waals surface area contributed by atoms with Crippen molar-refractivity contribution in [1.82, 2.24) is 0 Å². The molecule has 0 aromatic carbocycles. The summed E-state index contributed by atoms with van der Waals surface area (Å²) in [6, 6.07) is 0. The zero-order valence-electron chi connectivity index (χ0n) is 8.67. The highest BCUT2D eigenvalue weighted by molar-refractivity contribution is 5.67. The van der Waals surface area contributed by atoms with Crippen LogP contribution in [0.3, 0.4) is 0 Å². The van der Waals surface area contributed by atoms with Gasteiger partial charge in [-0.1, -0.05) is 19.3 Å². The first-order valence-electron chi connectivity index (χ1n) is 5.66. The number of hydrogen-bond acceptors (Lipinski definition) is 1. The van der Waals surface area contributed by atoms with Crippen LogP contribution in [0.1, 0.15) is 38.5 Å². The molecule has 0 bridgehead atoms. The zero-order valence-corrected chi connectivity index (χ0v) is 8.67. The second-order valence-corrected chi connectivity index (χ2v) is 5.18. The fourth-order valence-corrected chi connectivity index (χ4v) is 3.60. The molecule has 0 aliphatic heterocycles. The van der Waals surface area contributed by atoms with Crippen LogP contribution in [0, 0.1) is 17.3 Å². The molecule has 2 aliphatic rings. The molecule has 0 heterocycles. The molecule has 0 spiro atoms. The number of carbonyl (C=O) groups is 1. The fourth-order valence-electron chi connectivity index (χ4n) is 3.60. The highest BCUT2D eigenvalue weighted by atomic mass is 16.4. The van der Waals surface area contributed by atoms with E-state index in [2.05, 4.69) is 5.73 Å². The van der Waals surface area contributed by atoms with Crippen LogP contribution in [0.25, 0.3) is 0 Å². The number of rotatable bonds is 3. The third-order valence-electron chi connectivity index (χ3n) is 4.26. The lowest BCUT2D eigenvalue weighted by Crippen LogP contribution is -2.58. The zero-order chi connectivity index (χ0) is 10.2. The molecule has 0 saturated heterocycles. The Labute approximate surface area is 84.7 Å². The van der Waals surface area contributed by atoms with Crippen molar-refractivity contribution in [3.05, 3.63) is 0 Å². The van der Waals surface area contributed by atoms with Crippen LogP contribution in [-0.2, 0) is 4.79 Å². The summed E-state index contributed by atoms with van der Waals surface area (Å²) in [7, 11) is 0. The minimum atomic E-state index is -0.645. The van der Waals surface area contributed by atoms with Crippen molar-refractivity contribution < 1.29 is 15.6 Å². The summed E-state index contributed by atoms with van der Waals surface area (Å²) in [5.41, 5.74) is 4.00. The van der Waals surface area contributed by atoms with Crippen LogP contribution in [0.5, 0.6) is 0 Å². The molecule has 80 valence electrons. The summed E-state index contributed by atoms with van der Waals surface area (Å²) in [5.74, 6) is 0.987. The molecule has 14 heavy (non-hydrogen) atoms. The van der Waals surface area contributed by atoms with Gasteiger partial charge in [0.05, 0.1) is 13.0 Å². The van der Waals surface area contributed by atoms with E-state index < -0.39 is 5.97 Å². The molecule has 2 rings (SSSR count). The number of hydrogen-bond donors (Lipinski definition) is 2. The maximum atomic E-state index is 10.8. The molecule has 2 atom stereocenters. The third-order valence-corrected chi connectivity index (χ3v) is 4.26. The molecule has 3 nitrogen and oxygen atoms in total. The van der Waals surface area contributed by atoms with E-state index in [1.807, 2.05) is 0 Å². The summed E-state index contributed by atoms with van der Waals surface area (Å²) in [4.78, 5) is 10.8. The number of quaternary nitrogens is 1. The molecule has 3 heteroatoms. The van der Waals surface area contributed by atoms with E-state index >= 15 is 0 Å². The highest BCUT2D eigenvalue weighted by Crippen LogP contribution is 2.53. The van der Waals surface area contributed by atoms with E-state index in [1.54, 1.807) is 0 Å². The van der Waals surface area contributed by atoms with Gasteiger partial charge < -0.3 is 10.8 Å². The van der Waals surface area contributed by atoms with Gasteiger partial charge in [0.2, 0.25) is 0 Å². The summed E-state index contributed by atoms with van der Waals surface area (Å²) in [6.07, 6.45) is 6.58. The summed E-state index contributed by atoms with van der Waals surface area (Å²) >= 11 is 0. The minimum Gasteiger partial charge on any atom is -0.481 e. The first-order valence-corrected chi connectivity index (χ1v) is 5.66. The van der Waals surface area contributed by atoms with Gasteiger partial charge in [-0.25, -0.2) is 0 Å². The van der Waals surface area contributed by atoms with E-state index in [0.29, 0.717) is 6.42 Å². The van der Waals surface area contributed by atoms with Gasteiger partial charge in [0, 0.05) is 5.41 Å². The van der Waals surface area contributed by atoms with Gasteiger partial charge in [-0.05, 0) is 24.7 Å². The molecule has 0 aromatic rings. The van der Waals surface area contributed by atoms with Gasteiger partial charge >= 0.3 is 5.97 Å². The molecule has 2 aliphatic carbocycles. The summed E-state index contributed by atoms with van der Waals surface area (Å²) < 4.78 is 0. The minimum absolute atomic E-state index is 0.0432. The average Bonchev–Trinajstić information content (AvgIpc) is 2.61. The van der Waals surface area contributed by atoms with Crippen LogP contribution >= 0.6 is 0 Å². The van der Waals surface area contributed by atoms with E-state index in [4.69, 9.17) is 5.11 Å². The van der Waals surface area contributed by atoms with Crippen molar-refractivity contribution in [2.24, 2.45) is 17.3 Å². The summed E-state index contributed by atoms with van der Waals surface area (Å²) in [6.45, 7) is 0.798. The first-order chi connectivity index (χ1) is 6.65. The van der Waals surface area contributed by atoms with Crippen molar-refractivity contribution in [2.75, 3.05) is 6.54 Å². The second-order valence-electron chi connectivity index (χ2n) is 5.18. The van der Waals surface area contributed by atoms with E-state index in [-0.39, 0.29) is 5.41 Å². The standard InChI is InChI=1S/C11H19NO2/c12-7-11(6-10(13)14)4-8-2-1-3-9(8)5-11/h8-9H,1-7,12H2,(H,13,14)/p+1/t8-,9-/m1/s1. The van der Waals surface area contributed by atoms with E-state index in [0.717, 1.165) is 31.2 Å². The third kappa shape index (κ3) is 1.65. The topological polar surface area (TPSA) is 64.9 Å². The van der Waals surface area contributed by atoms with Gasteiger partial charge in [-0.2, -0.15) is 0 Å². The van der Waals surface area contributed by atoms with Crippen LogP contribution in [0.4, 0.5) is 0 Å². The predicted octanol–water partition coefficient (Wildman–Crippen LogP) is 0.899. The normalized spacial score (nSPS) is 34.4. The molecule has 0 amide bonds. The van der Waals surface area contributed by atoms with Crippen LogP contribution in [0.2, 0.25) is 0 Å². The lowest BCUT2D eigenvalue weighted by molar-refractivity contribution is -0.392. The Bertz CT molecular complexity index is 227. The molecule has 4 N–H and O–H groups in total. The van der Waals surface area contributed by atoms with Gasteiger partial charge in [-0.15, -0.1) is 0 Å². The smallest absolute Gasteiger partial charge is 0.304 e. The van der Waals surface area contributed by atoms with Crippen molar-refractivity contribution in [2.45, 2.75) is 38.5 Å². The summed E-state index contributed by atoms with van der Waals surface area (Å²) in [5, 5.41) is 8.91. The van der Waals surface area contributed by atoms with E-state index in [9.17, 15) is 4.79 Å². The Balaban J connectivity index is 2.05. The van der Waals surface area contributed by atoms with Crippen molar-refractivity contribution in [1.29, 1.82) is 0 Å². The Morgan fingerprint density at radius 2 is 1.93 bits per heavy atom. The average molecular weight is 198 g/mol. The number of carboxylic acids is 1. The Hall–Kier alpha value is -0.570. The molecule has 2 saturated carbocycles. The quantitative estimate of drug-likeness (QED) is 0.707. The molecule has 0 aromatic heterocycles. The van der Waals surface area contributed by atoms with Crippen LogP contribution < -0.4 is 5.73 Å². The molecule has 0 unspecified atom stereocenters.